The molecule has 1 aromatic rings. The van der Waals surface area contributed by atoms with Gasteiger partial charge < -0.3 is 9.88 Å². The topological polar surface area (TPSA) is 86.0 Å². The van der Waals surface area contributed by atoms with Gasteiger partial charge in [0, 0.05) is 30.8 Å². The minimum Gasteiger partial charge on any atom is -0.342 e. The maximum Gasteiger partial charge on any atom is 0.325 e. The smallest absolute Gasteiger partial charge is 0.325 e. The average Bonchev–Trinajstić information content (AvgIpc) is 2.53. The monoisotopic (exact) mass is 319 g/mol. The van der Waals surface area contributed by atoms with Gasteiger partial charge in [0.25, 0.3) is 5.56 Å². The van der Waals surface area contributed by atoms with Crippen molar-refractivity contribution in [1.82, 2.24) is 14.9 Å². The van der Waals surface area contributed by atoms with Crippen LogP contribution in [0.4, 0.5) is 0 Å². The summed E-state index contributed by atoms with van der Waals surface area (Å²) in [5.74, 6) is 1.59. The molecule has 1 aliphatic heterocycles. The Hall–Kier alpha value is -1.85. The van der Waals surface area contributed by atoms with Gasteiger partial charge in [-0.3, -0.25) is 14.6 Å². The van der Waals surface area contributed by atoms with Crippen molar-refractivity contribution in [2.45, 2.75) is 51.9 Å². The van der Waals surface area contributed by atoms with Gasteiger partial charge >= 0.3 is 5.69 Å². The van der Waals surface area contributed by atoms with Gasteiger partial charge in [0.05, 0.1) is 0 Å². The first kappa shape index (κ1) is 16.0. The van der Waals surface area contributed by atoms with Crippen LogP contribution in [0, 0.1) is 18.8 Å². The number of aryl methyl sites for hydroxylation is 1. The van der Waals surface area contributed by atoms with Crippen LogP contribution in [0.25, 0.3) is 0 Å². The third-order valence-corrected chi connectivity index (χ3v) is 5.49. The van der Waals surface area contributed by atoms with E-state index in [0.717, 1.165) is 25.4 Å². The van der Waals surface area contributed by atoms with E-state index in [-0.39, 0.29) is 11.5 Å². The fourth-order valence-electron chi connectivity index (χ4n) is 4.14. The van der Waals surface area contributed by atoms with Gasteiger partial charge in [-0.2, -0.15) is 0 Å². The number of hydrogen-bond donors (Lipinski definition) is 2. The predicted octanol–water partition coefficient (Wildman–Crippen LogP) is 1.34. The zero-order valence-corrected chi connectivity index (χ0v) is 13.7. The van der Waals surface area contributed by atoms with E-state index in [4.69, 9.17) is 0 Å². The average molecular weight is 319 g/mol. The summed E-state index contributed by atoms with van der Waals surface area (Å²) in [7, 11) is 0. The molecule has 0 aromatic carbocycles. The summed E-state index contributed by atoms with van der Waals surface area (Å²) in [6.45, 7) is 3.43. The number of hydrogen-bond acceptors (Lipinski definition) is 3. The first-order valence-corrected chi connectivity index (χ1v) is 8.64. The van der Waals surface area contributed by atoms with Crippen LogP contribution in [0.2, 0.25) is 0 Å². The molecule has 2 atom stereocenters. The van der Waals surface area contributed by atoms with E-state index in [1.165, 1.54) is 25.7 Å². The highest BCUT2D eigenvalue weighted by Crippen LogP contribution is 2.36. The number of carbonyl (C=O) groups excluding carboxylic acids is 1. The number of fused-ring (bicyclic) bond motifs is 1. The molecule has 1 saturated carbocycles. The molecule has 6 nitrogen and oxygen atoms in total. The predicted molar refractivity (Wildman–Crippen MR) is 87.4 cm³/mol. The van der Waals surface area contributed by atoms with E-state index < -0.39 is 5.69 Å². The van der Waals surface area contributed by atoms with Crippen LogP contribution in [0.5, 0.6) is 0 Å². The van der Waals surface area contributed by atoms with Crippen molar-refractivity contribution in [3.8, 4) is 0 Å². The fourth-order valence-corrected chi connectivity index (χ4v) is 4.14. The minimum atomic E-state index is -0.498. The van der Waals surface area contributed by atoms with Crippen molar-refractivity contribution in [3.05, 3.63) is 32.1 Å². The second-order valence-electron chi connectivity index (χ2n) is 6.94. The van der Waals surface area contributed by atoms with Crippen LogP contribution in [0.15, 0.2) is 9.59 Å². The highest BCUT2D eigenvalue weighted by Gasteiger charge is 2.32. The first-order valence-electron chi connectivity index (χ1n) is 8.64. The number of nitrogens with one attached hydrogen (secondary N) is 2. The molecule has 0 radical (unpaired) electrons. The van der Waals surface area contributed by atoms with Gasteiger partial charge in [-0.15, -0.1) is 0 Å². The molecule has 126 valence electrons. The number of carbonyl (C=O) groups is 1. The number of aromatic amines is 2. The molecule has 1 amide bonds. The Morgan fingerprint density at radius 3 is 2.61 bits per heavy atom. The number of rotatable bonds is 3. The van der Waals surface area contributed by atoms with Gasteiger partial charge in [0.15, 0.2) is 0 Å². The minimum absolute atomic E-state index is 0.124. The summed E-state index contributed by atoms with van der Waals surface area (Å²) >= 11 is 0. The highest BCUT2D eigenvalue weighted by atomic mass is 16.2. The van der Waals surface area contributed by atoms with E-state index in [1.54, 1.807) is 6.92 Å². The normalized spacial score (nSPS) is 24.3. The molecule has 23 heavy (non-hydrogen) atoms. The molecular weight excluding hydrogens is 294 g/mol. The van der Waals surface area contributed by atoms with Crippen molar-refractivity contribution >= 4 is 5.91 Å². The van der Waals surface area contributed by atoms with E-state index in [2.05, 4.69) is 9.97 Å². The summed E-state index contributed by atoms with van der Waals surface area (Å²) in [6, 6.07) is 0. The van der Waals surface area contributed by atoms with Crippen molar-refractivity contribution in [2.75, 3.05) is 13.1 Å². The van der Waals surface area contributed by atoms with Crippen LogP contribution in [-0.2, 0) is 11.2 Å². The van der Waals surface area contributed by atoms with Crippen LogP contribution in [-0.4, -0.2) is 33.9 Å². The zero-order valence-electron chi connectivity index (χ0n) is 13.7. The van der Waals surface area contributed by atoms with Crippen molar-refractivity contribution < 1.29 is 4.79 Å². The van der Waals surface area contributed by atoms with Crippen molar-refractivity contribution in [1.29, 1.82) is 0 Å². The van der Waals surface area contributed by atoms with Crippen LogP contribution < -0.4 is 11.2 Å². The molecule has 0 bridgehead atoms. The Bertz CT molecular complexity index is 691. The lowest BCUT2D eigenvalue weighted by Gasteiger charge is -2.41. The number of nitrogens with zero attached hydrogens (tertiary/aromatic N) is 1. The first-order chi connectivity index (χ1) is 11.0. The summed E-state index contributed by atoms with van der Waals surface area (Å²) in [5, 5.41) is 0. The largest absolute Gasteiger partial charge is 0.342 e. The van der Waals surface area contributed by atoms with Crippen molar-refractivity contribution in [3.63, 3.8) is 0 Å². The number of amides is 1. The SMILES string of the molecule is Cc1[nH]c(=O)[nH]c(=O)c1CCC(=O)N1CC[C@H]2CCCC[C@H]2C1. The maximum atomic E-state index is 12.5. The Morgan fingerprint density at radius 2 is 1.87 bits per heavy atom. The molecule has 6 heteroatoms. The fraction of sp³-hybridized carbons (Fsp3) is 0.706. The summed E-state index contributed by atoms with van der Waals surface area (Å²) in [6.07, 6.45) is 7.01. The molecule has 2 N–H and O–H groups in total. The quantitative estimate of drug-likeness (QED) is 0.881. The second-order valence-corrected chi connectivity index (χ2v) is 6.94. The van der Waals surface area contributed by atoms with E-state index in [1.807, 2.05) is 4.90 Å². The molecular formula is C17H25N3O3. The molecule has 2 heterocycles. The van der Waals surface area contributed by atoms with Crippen LogP contribution in [0.3, 0.4) is 0 Å². The summed E-state index contributed by atoms with van der Waals surface area (Å²) in [5.41, 5.74) is 0.176. The zero-order chi connectivity index (χ0) is 16.4. The molecule has 1 aromatic heterocycles. The molecule has 3 rings (SSSR count). The lowest BCUT2D eigenvalue weighted by atomic mass is 9.75. The summed E-state index contributed by atoms with van der Waals surface area (Å²) < 4.78 is 0. The molecule has 2 aliphatic rings. The van der Waals surface area contributed by atoms with Gasteiger partial charge in [-0.25, -0.2) is 4.79 Å². The van der Waals surface area contributed by atoms with Gasteiger partial charge in [-0.1, -0.05) is 19.3 Å². The van der Waals surface area contributed by atoms with Gasteiger partial charge in [-0.05, 0) is 38.0 Å². The highest BCUT2D eigenvalue weighted by molar-refractivity contribution is 5.76. The Balaban J connectivity index is 1.60. The molecule has 1 saturated heterocycles. The number of aromatic nitrogens is 2. The van der Waals surface area contributed by atoms with E-state index in [0.29, 0.717) is 30.0 Å². The molecule has 1 aliphatic carbocycles. The standard InChI is InChI=1S/C17H25N3O3/c1-11-14(16(22)19-17(23)18-11)6-7-15(21)20-9-8-12-4-2-3-5-13(12)10-20/h12-13H,2-10H2,1H3,(H2,18,19,22,23)/t12-,13+/m1/s1. The van der Waals surface area contributed by atoms with Crippen LogP contribution >= 0.6 is 0 Å². The number of likely N-dealkylation sites (tertiary alicyclic amines) is 1. The maximum absolute atomic E-state index is 12.5. The Labute approximate surface area is 135 Å². The third kappa shape index (κ3) is 3.57. The molecule has 2 fully saturated rings. The lowest BCUT2D eigenvalue weighted by molar-refractivity contribution is -0.134. The second kappa shape index (κ2) is 6.72. The van der Waals surface area contributed by atoms with Crippen molar-refractivity contribution in [2.24, 2.45) is 11.8 Å². The lowest BCUT2D eigenvalue weighted by Crippen LogP contribution is -2.45. The summed E-state index contributed by atoms with van der Waals surface area (Å²) in [4.78, 5) is 42.3. The Kier molecular flexibility index (Phi) is 4.68. The van der Waals surface area contributed by atoms with E-state index >= 15 is 0 Å². The van der Waals surface area contributed by atoms with E-state index in [9.17, 15) is 14.4 Å². The molecule has 0 unspecified atom stereocenters. The van der Waals surface area contributed by atoms with Gasteiger partial charge in [0.2, 0.25) is 5.91 Å². The molecule has 0 spiro atoms. The number of piperidine rings is 1. The Morgan fingerprint density at radius 1 is 1.13 bits per heavy atom. The number of H-pyrrole nitrogens is 2. The van der Waals surface area contributed by atoms with Gasteiger partial charge in [0.1, 0.15) is 0 Å². The van der Waals surface area contributed by atoms with Crippen LogP contribution in [0.1, 0.15) is 49.8 Å². The third-order valence-electron chi connectivity index (χ3n) is 5.49.